The second kappa shape index (κ2) is 9.93. The third-order valence-corrected chi connectivity index (χ3v) is 4.15. The number of hydrogen-bond acceptors (Lipinski definition) is 5. The SMILES string of the molecule is CCC(N)C(=O)OCc1ccccc1.Cc1ccc(S(=O)(=O)O)cc1. The summed E-state index contributed by atoms with van der Waals surface area (Å²) < 4.78 is 34.6. The molecule has 0 aliphatic carbocycles. The number of aryl methyl sites for hydroxylation is 1. The van der Waals surface area contributed by atoms with Gasteiger partial charge in [0.1, 0.15) is 12.6 Å². The van der Waals surface area contributed by atoms with Gasteiger partial charge in [0.15, 0.2) is 0 Å². The first-order chi connectivity index (χ1) is 11.7. The molecular weight excluding hydrogens is 342 g/mol. The molecule has 25 heavy (non-hydrogen) atoms. The van der Waals surface area contributed by atoms with Crippen molar-refractivity contribution in [3.8, 4) is 0 Å². The van der Waals surface area contributed by atoms with Gasteiger partial charge in [0.25, 0.3) is 10.1 Å². The number of nitrogens with two attached hydrogens (primary N) is 1. The zero-order valence-electron chi connectivity index (χ0n) is 14.3. The van der Waals surface area contributed by atoms with Crippen molar-refractivity contribution >= 4 is 16.1 Å². The Hall–Kier alpha value is -2.22. The Morgan fingerprint density at radius 2 is 1.68 bits per heavy atom. The molecule has 136 valence electrons. The Morgan fingerprint density at radius 3 is 2.16 bits per heavy atom. The van der Waals surface area contributed by atoms with E-state index in [0.717, 1.165) is 11.1 Å². The average Bonchev–Trinajstić information content (AvgIpc) is 2.60. The number of carbonyl (C=O) groups excluding carboxylic acids is 1. The van der Waals surface area contributed by atoms with Crippen LogP contribution in [0.4, 0.5) is 0 Å². The van der Waals surface area contributed by atoms with E-state index in [4.69, 9.17) is 15.0 Å². The van der Waals surface area contributed by atoms with E-state index >= 15 is 0 Å². The highest BCUT2D eigenvalue weighted by Crippen LogP contribution is 2.08. The van der Waals surface area contributed by atoms with Crippen LogP contribution < -0.4 is 5.73 Å². The largest absolute Gasteiger partial charge is 0.460 e. The van der Waals surface area contributed by atoms with Crippen molar-refractivity contribution < 1.29 is 22.5 Å². The quantitative estimate of drug-likeness (QED) is 0.623. The van der Waals surface area contributed by atoms with Crippen LogP contribution in [0.15, 0.2) is 59.5 Å². The summed E-state index contributed by atoms with van der Waals surface area (Å²) in [5, 5.41) is 0. The fraction of sp³-hybridized carbons (Fsp3) is 0.278. The highest BCUT2D eigenvalue weighted by Gasteiger charge is 2.11. The van der Waals surface area contributed by atoms with E-state index < -0.39 is 16.2 Å². The van der Waals surface area contributed by atoms with E-state index in [1.165, 1.54) is 12.1 Å². The average molecular weight is 365 g/mol. The minimum absolute atomic E-state index is 0.0666. The molecule has 1 atom stereocenters. The van der Waals surface area contributed by atoms with E-state index in [1.807, 2.05) is 44.2 Å². The summed E-state index contributed by atoms with van der Waals surface area (Å²) in [4.78, 5) is 11.1. The van der Waals surface area contributed by atoms with Gasteiger partial charge in [-0.1, -0.05) is 55.0 Å². The van der Waals surface area contributed by atoms with Crippen LogP contribution in [0.5, 0.6) is 0 Å². The van der Waals surface area contributed by atoms with Crippen LogP contribution in [-0.2, 0) is 26.3 Å². The first-order valence-electron chi connectivity index (χ1n) is 7.74. The fourth-order valence-corrected chi connectivity index (χ4v) is 2.19. The molecule has 0 fully saturated rings. The normalized spacial score (nSPS) is 11.8. The van der Waals surface area contributed by atoms with Gasteiger partial charge in [-0.2, -0.15) is 8.42 Å². The van der Waals surface area contributed by atoms with E-state index in [-0.39, 0.29) is 10.9 Å². The van der Waals surface area contributed by atoms with Crippen molar-refractivity contribution in [1.29, 1.82) is 0 Å². The van der Waals surface area contributed by atoms with Crippen molar-refractivity contribution in [2.75, 3.05) is 0 Å². The lowest BCUT2D eigenvalue weighted by Crippen LogP contribution is -2.31. The van der Waals surface area contributed by atoms with Gasteiger partial charge in [-0.3, -0.25) is 9.35 Å². The zero-order chi connectivity index (χ0) is 18.9. The number of carbonyl (C=O) groups is 1. The molecule has 0 radical (unpaired) electrons. The highest BCUT2D eigenvalue weighted by atomic mass is 32.2. The van der Waals surface area contributed by atoms with Crippen LogP contribution in [0.1, 0.15) is 24.5 Å². The predicted octanol–water partition coefficient (Wildman–Crippen LogP) is 2.71. The van der Waals surface area contributed by atoms with Gasteiger partial charge < -0.3 is 10.5 Å². The number of rotatable bonds is 5. The van der Waals surface area contributed by atoms with Gasteiger partial charge in [-0.15, -0.1) is 0 Å². The van der Waals surface area contributed by atoms with Crippen LogP contribution >= 0.6 is 0 Å². The van der Waals surface area contributed by atoms with Crippen LogP contribution in [0.2, 0.25) is 0 Å². The molecule has 0 aliphatic rings. The second-order valence-corrected chi connectivity index (χ2v) is 6.82. The summed E-state index contributed by atoms with van der Waals surface area (Å²) in [5.74, 6) is -0.337. The Kier molecular flexibility index (Phi) is 8.27. The van der Waals surface area contributed by atoms with Gasteiger partial charge >= 0.3 is 5.97 Å². The van der Waals surface area contributed by atoms with E-state index in [0.29, 0.717) is 13.0 Å². The molecule has 2 rings (SSSR count). The first-order valence-corrected chi connectivity index (χ1v) is 9.18. The maximum absolute atomic E-state index is 11.2. The minimum Gasteiger partial charge on any atom is -0.460 e. The van der Waals surface area contributed by atoms with E-state index in [9.17, 15) is 13.2 Å². The monoisotopic (exact) mass is 365 g/mol. The van der Waals surface area contributed by atoms with Crippen LogP contribution in [0.3, 0.4) is 0 Å². The molecule has 0 aliphatic heterocycles. The molecule has 0 amide bonds. The maximum atomic E-state index is 11.2. The van der Waals surface area contributed by atoms with Gasteiger partial charge in [-0.05, 0) is 31.0 Å². The van der Waals surface area contributed by atoms with Gasteiger partial charge in [0.05, 0.1) is 4.90 Å². The third-order valence-electron chi connectivity index (χ3n) is 3.29. The van der Waals surface area contributed by atoms with Crippen LogP contribution in [0.25, 0.3) is 0 Å². The summed E-state index contributed by atoms with van der Waals surface area (Å²) in [5.41, 5.74) is 7.44. The molecule has 0 bridgehead atoms. The molecule has 7 heteroatoms. The Balaban J connectivity index is 0.000000257. The third kappa shape index (κ3) is 7.93. The second-order valence-electron chi connectivity index (χ2n) is 5.40. The highest BCUT2D eigenvalue weighted by molar-refractivity contribution is 7.85. The molecule has 0 spiro atoms. The summed E-state index contributed by atoms with van der Waals surface area (Å²) in [6.07, 6.45) is 0.605. The molecule has 3 N–H and O–H groups in total. The summed E-state index contributed by atoms with van der Waals surface area (Å²) in [6.45, 7) is 4.00. The molecule has 2 aromatic rings. The van der Waals surface area contributed by atoms with Crippen molar-refractivity contribution in [3.63, 3.8) is 0 Å². The van der Waals surface area contributed by atoms with Crippen molar-refractivity contribution in [2.24, 2.45) is 5.73 Å². The van der Waals surface area contributed by atoms with E-state index in [2.05, 4.69) is 0 Å². The molecule has 0 saturated heterocycles. The standard InChI is InChI=1S/C11H15NO2.C7H8O3S/c1-2-10(12)11(13)14-8-9-6-4-3-5-7-9;1-6-2-4-7(5-3-6)11(8,9)10/h3-7,10H,2,8,12H2,1H3;2-5H,1H3,(H,8,9,10). The molecular formula is C18H23NO5S. The molecule has 0 aromatic heterocycles. The Morgan fingerprint density at radius 1 is 1.12 bits per heavy atom. The molecule has 0 heterocycles. The number of esters is 1. The van der Waals surface area contributed by atoms with Crippen LogP contribution in [-0.4, -0.2) is 25.0 Å². The van der Waals surface area contributed by atoms with Crippen molar-refractivity contribution in [2.45, 2.75) is 37.8 Å². The smallest absolute Gasteiger partial charge is 0.323 e. The topological polar surface area (TPSA) is 107 Å². The Bertz CT molecular complexity index is 758. The molecule has 1 unspecified atom stereocenters. The fourth-order valence-electron chi connectivity index (χ4n) is 1.71. The zero-order valence-corrected chi connectivity index (χ0v) is 15.1. The molecule has 2 aromatic carbocycles. The number of ether oxygens (including phenoxy) is 1. The summed E-state index contributed by atoms with van der Waals surface area (Å²) in [6, 6.07) is 15.0. The van der Waals surface area contributed by atoms with Gasteiger partial charge in [0.2, 0.25) is 0 Å². The predicted molar refractivity (Wildman–Crippen MR) is 95.5 cm³/mol. The van der Waals surface area contributed by atoms with E-state index in [1.54, 1.807) is 12.1 Å². The lowest BCUT2D eigenvalue weighted by atomic mass is 10.2. The minimum atomic E-state index is -4.02. The van der Waals surface area contributed by atoms with Gasteiger partial charge in [-0.25, -0.2) is 0 Å². The lowest BCUT2D eigenvalue weighted by molar-refractivity contribution is -0.146. The summed E-state index contributed by atoms with van der Waals surface area (Å²) in [7, 11) is -4.02. The lowest BCUT2D eigenvalue weighted by Gasteiger charge is -2.08. The van der Waals surface area contributed by atoms with Crippen LogP contribution in [0, 0.1) is 6.92 Å². The summed E-state index contributed by atoms with van der Waals surface area (Å²) >= 11 is 0. The first kappa shape index (κ1) is 20.8. The van der Waals surface area contributed by atoms with Gasteiger partial charge in [0, 0.05) is 0 Å². The molecule has 0 saturated carbocycles. The number of benzene rings is 2. The number of hydrogen-bond donors (Lipinski definition) is 2. The Labute approximate surface area is 148 Å². The molecule has 6 nitrogen and oxygen atoms in total. The van der Waals surface area contributed by atoms with Crippen molar-refractivity contribution in [3.05, 3.63) is 65.7 Å². The van der Waals surface area contributed by atoms with Crippen molar-refractivity contribution in [1.82, 2.24) is 0 Å². The maximum Gasteiger partial charge on any atom is 0.323 e.